The van der Waals surface area contributed by atoms with Gasteiger partial charge in [-0.3, -0.25) is 0 Å². The Bertz CT molecular complexity index is 278. The van der Waals surface area contributed by atoms with Gasteiger partial charge in [0.2, 0.25) is 0 Å². The van der Waals surface area contributed by atoms with E-state index in [1.807, 2.05) is 20.8 Å². The van der Waals surface area contributed by atoms with Gasteiger partial charge < -0.3 is 4.74 Å². The van der Waals surface area contributed by atoms with Crippen molar-refractivity contribution in [2.75, 3.05) is 6.61 Å². The molecule has 0 saturated heterocycles. The molecular formula is C12H22O2Si. The van der Waals surface area contributed by atoms with Gasteiger partial charge in [0.05, 0.1) is 20.3 Å². The largest absolute Gasteiger partial charge is 0.462 e. The third kappa shape index (κ3) is 6.31. The minimum atomic E-state index is -1.30. The molecule has 2 nitrogen and oxygen atoms in total. The number of hydrogen-bond donors (Lipinski definition) is 0. The first kappa shape index (κ1) is 14.2. The Hall–Kier alpha value is -0.793. The first-order valence-electron chi connectivity index (χ1n) is 5.42. The van der Waals surface area contributed by atoms with Gasteiger partial charge in [-0.2, -0.15) is 0 Å². The van der Waals surface area contributed by atoms with Crippen molar-refractivity contribution in [2.24, 2.45) is 5.92 Å². The van der Waals surface area contributed by atoms with E-state index < -0.39 is 8.07 Å². The Balaban J connectivity index is 4.98. The fraction of sp³-hybridized carbons (Fsp3) is 0.667. The molecule has 0 heterocycles. The SMILES string of the molecule is CCOC(=O)C(=C=C[Si](C)(C)C)C(C)C. The predicted octanol–water partition coefficient (Wildman–Crippen LogP) is 3.16. The topological polar surface area (TPSA) is 26.3 Å². The first-order valence-corrected chi connectivity index (χ1v) is 9.00. The second-order valence-corrected chi connectivity index (χ2v) is 9.96. The highest BCUT2D eigenvalue weighted by Crippen LogP contribution is 2.11. The highest BCUT2D eigenvalue weighted by Gasteiger charge is 2.14. The summed E-state index contributed by atoms with van der Waals surface area (Å²) < 4.78 is 4.99. The summed E-state index contributed by atoms with van der Waals surface area (Å²) in [7, 11) is -1.30. The highest BCUT2D eigenvalue weighted by atomic mass is 28.3. The molecule has 0 amide bonds. The standard InChI is InChI=1S/C12H22O2Si/c1-7-14-12(13)11(10(2)3)8-9-15(4,5)6/h9-10H,7H2,1-6H3. The van der Waals surface area contributed by atoms with Gasteiger partial charge in [-0.05, 0) is 12.8 Å². The lowest BCUT2D eigenvalue weighted by atomic mass is 10.1. The van der Waals surface area contributed by atoms with Crippen LogP contribution in [0.5, 0.6) is 0 Å². The van der Waals surface area contributed by atoms with Crippen molar-refractivity contribution < 1.29 is 9.53 Å². The number of esters is 1. The Kier molecular flexibility index (Phi) is 5.62. The van der Waals surface area contributed by atoms with E-state index >= 15 is 0 Å². The number of rotatable bonds is 4. The molecule has 0 saturated carbocycles. The number of carbonyl (C=O) groups is 1. The quantitative estimate of drug-likeness (QED) is 0.318. The Morgan fingerprint density at radius 1 is 1.40 bits per heavy atom. The summed E-state index contributed by atoms with van der Waals surface area (Å²) in [5, 5.41) is 0. The predicted molar refractivity (Wildman–Crippen MR) is 66.4 cm³/mol. The molecule has 0 aliphatic rings. The summed E-state index contributed by atoms with van der Waals surface area (Å²) in [6.45, 7) is 12.8. The van der Waals surface area contributed by atoms with E-state index in [0.29, 0.717) is 12.2 Å². The smallest absolute Gasteiger partial charge is 0.342 e. The molecule has 86 valence electrons. The maximum Gasteiger partial charge on any atom is 0.342 e. The molecule has 0 fully saturated rings. The van der Waals surface area contributed by atoms with Gasteiger partial charge >= 0.3 is 5.97 Å². The van der Waals surface area contributed by atoms with Crippen LogP contribution in [0.2, 0.25) is 19.6 Å². The fourth-order valence-electron chi connectivity index (χ4n) is 0.964. The Morgan fingerprint density at radius 3 is 2.27 bits per heavy atom. The fourth-order valence-corrected chi connectivity index (χ4v) is 1.55. The van der Waals surface area contributed by atoms with Gasteiger partial charge in [0.1, 0.15) is 0 Å². The van der Waals surface area contributed by atoms with E-state index in [0.717, 1.165) is 0 Å². The van der Waals surface area contributed by atoms with Gasteiger partial charge in [0.15, 0.2) is 0 Å². The maximum atomic E-state index is 11.6. The molecule has 15 heavy (non-hydrogen) atoms. The molecule has 0 aromatic rings. The molecule has 0 spiro atoms. The normalized spacial score (nSPS) is 10.9. The molecule has 0 rings (SSSR count). The van der Waals surface area contributed by atoms with Crippen molar-refractivity contribution in [2.45, 2.75) is 40.4 Å². The summed E-state index contributed by atoms with van der Waals surface area (Å²) in [6.07, 6.45) is 0. The van der Waals surface area contributed by atoms with E-state index in [1.54, 1.807) is 0 Å². The van der Waals surface area contributed by atoms with Crippen LogP contribution in [0.15, 0.2) is 17.0 Å². The number of carbonyl (C=O) groups excluding carboxylic acids is 1. The lowest BCUT2D eigenvalue weighted by Gasteiger charge is -2.09. The van der Waals surface area contributed by atoms with Crippen LogP contribution in [0.4, 0.5) is 0 Å². The monoisotopic (exact) mass is 226 g/mol. The van der Waals surface area contributed by atoms with Crippen LogP contribution in [0.1, 0.15) is 20.8 Å². The molecular weight excluding hydrogens is 204 g/mol. The average Bonchev–Trinajstić information content (AvgIpc) is 2.01. The zero-order chi connectivity index (χ0) is 12.1. The van der Waals surface area contributed by atoms with Crippen molar-refractivity contribution in [3.63, 3.8) is 0 Å². The van der Waals surface area contributed by atoms with Crippen LogP contribution in [-0.4, -0.2) is 20.7 Å². The molecule has 0 aliphatic carbocycles. The summed E-state index contributed by atoms with van der Waals surface area (Å²) in [6, 6.07) is 0. The summed E-state index contributed by atoms with van der Waals surface area (Å²) in [5.41, 5.74) is 5.83. The van der Waals surface area contributed by atoms with Crippen LogP contribution >= 0.6 is 0 Å². The molecule has 0 aromatic heterocycles. The van der Waals surface area contributed by atoms with Crippen LogP contribution in [-0.2, 0) is 9.53 Å². The van der Waals surface area contributed by atoms with Crippen molar-refractivity contribution in [3.05, 3.63) is 17.0 Å². The molecule has 0 aromatic carbocycles. The van der Waals surface area contributed by atoms with Gasteiger partial charge in [0, 0.05) is 0 Å². The van der Waals surface area contributed by atoms with Crippen LogP contribution < -0.4 is 0 Å². The molecule has 0 aliphatic heterocycles. The Morgan fingerprint density at radius 2 is 1.93 bits per heavy atom. The third-order valence-electron chi connectivity index (χ3n) is 1.73. The van der Waals surface area contributed by atoms with Crippen LogP contribution in [0, 0.1) is 5.92 Å². The van der Waals surface area contributed by atoms with Crippen LogP contribution in [0.3, 0.4) is 0 Å². The minimum absolute atomic E-state index is 0.164. The first-order chi connectivity index (χ1) is 6.78. The zero-order valence-electron chi connectivity index (χ0n) is 10.7. The van der Waals surface area contributed by atoms with E-state index in [4.69, 9.17) is 4.74 Å². The van der Waals surface area contributed by atoms with Crippen molar-refractivity contribution in [3.8, 4) is 0 Å². The van der Waals surface area contributed by atoms with Crippen molar-refractivity contribution in [1.82, 2.24) is 0 Å². The summed E-state index contributed by atoms with van der Waals surface area (Å²) in [4.78, 5) is 11.6. The van der Waals surface area contributed by atoms with E-state index in [9.17, 15) is 4.79 Å². The van der Waals surface area contributed by atoms with Crippen LogP contribution in [0.25, 0.3) is 0 Å². The molecule has 0 unspecified atom stereocenters. The highest BCUT2D eigenvalue weighted by molar-refractivity contribution is 6.80. The van der Waals surface area contributed by atoms with Gasteiger partial charge in [0.25, 0.3) is 0 Å². The molecule has 0 bridgehead atoms. The minimum Gasteiger partial charge on any atom is -0.462 e. The molecule has 3 heteroatoms. The van der Waals surface area contributed by atoms with Gasteiger partial charge in [-0.25, -0.2) is 4.79 Å². The van der Waals surface area contributed by atoms with E-state index in [1.165, 1.54) is 0 Å². The summed E-state index contributed by atoms with van der Waals surface area (Å²) in [5.74, 6) is -0.0707. The molecule has 0 atom stereocenters. The molecule has 0 N–H and O–H groups in total. The number of ether oxygens (including phenoxy) is 1. The average molecular weight is 226 g/mol. The van der Waals surface area contributed by atoms with Crippen molar-refractivity contribution in [1.29, 1.82) is 0 Å². The molecule has 0 radical (unpaired) electrons. The van der Waals surface area contributed by atoms with E-state index in [2.05, 4.69) is 31.1 Å². The second kappa shape index (κ2) is 5.94. The lowest BCUT2D eigenvalue weighted by molar-refractivity contribution is -0.139. The second-order valence-electron chi connectivity index (χ2n) is 4.94. The third-order valence-corrected chi connectivity index (χ3v) is 2.74. The summed E-state index contributed by atoms with van der Waals surface area (Å²) >= 11 is 0. The maximum absolute atomic E-state index is 11.6. The van der Waals surface area contributed by atoms with Gasteiger partial charge in [-0.1, -0.05) is 39.2 Å². The van der Waals surface area contributed by atoms with Crippen molar-refractivity contribution >= 4 is 14.0 Å². The lowest BCUT2D eigenvalue weighted by Crippen LogP contribution is -2.16. The number of hydrogen-bond acceptors (Lipinski definition) is 2. The van der Waals surface area contributed by atoms with E-state index in [-0.39, 0.29) is 11.9 Å². The Labute approximate surface area is 94.0 Å². The van der Waals surface area contributed by atoms with Gasteiger partial charge in [-0.15, -0.1) is 5.73 Å². The zero-order valence-corrected chi connectivity index (χ0v) is 11.7.